The van der Waals surface area contributed by atoms with Crippen molar-refractivity contribution < 1.29 is 14.6 Å². The zero-order chi connectivity index (χ0) is 18.9. The highest BCUT2D eigenvalue weighted by Crippen LogP contribution is 2.22. The van der Waals surface area contributed by atoms with Gasteiger partial charge in [-0.3, -0.25) is 9.69 Å². The predicted octanol–water partition coefficient (Wildman–Crippen LogP) is 2.75. The first-order valence-corrected chi connectivity index (χ1v) is 9.89. The number of aliphatic hydroxyl groups is 1. The molecule has 1 aromatic rings. The van der Waals surface area contributed by atoms with Crippen LogP contribution in [0.3, 0.4) is 0 Å². The molecule has 0 radical (unpaired) electrons. The number of β-amino-alcohol motifs (C(OH)–C–C–N with tert-alkyl or cyclic N) is 1. The van der Waals surface area contributed by atoms with Crippen molar-refractivity contribution in [3.8, 4) is 5.75 Å². The van der Waals surface area contributed by atoms with Gasteiger partial charge in [-0.15, -0.1) is 0 Å². The van der Waals surface area contributed by atoms with Crippen LogP contribution in [0.2, 0.25) is 0 Å². The van der Waals surface area contributed by atoms with Gasteiger partial charge in [0.15, 0.2) is 0 Å². The first-order chi connectivity index (χ1) is 12.5. The molecule has 26 heavy (non-hydrogen) atoms. The molecule has 3 atom stereocenters. The van der Waals surface area contributed by atoms with E-state index in [0.717, 1.165) is 38.0 Å². The molecule has 0 aromatic heterocycles. The van der Waals surface area contributed by atoms with Gasteiger partial charge in [-0.25, -0.2) is 0 Å². The van der Waals surface area contributed by atoms with Crippen molar-refractivity contribution in [1.82, 2.24) is 10.2 Å². The molecule has 1 aliphatic heterocycles. The summed E-state index contributed by atoms with van der Waals surface area (Å²) < 4.78 is 5.68. The van der Waals surface area contributed by atoms with E-state index < -0.39 is 6.10 Å². The molecule has 3 unspecified atom stereocenters. The Bertz CT molecular complexity index is 547. The molecular formula is C21H34N2O3. The summed E-state index contributed by atoms with van der Waals surface area (Å²) in [5.74, 6) is 0.948. The lowest BCUT2D eigenvalue weighted by Crippen LogP contribution is -2.50. The number of rotatable bonds is 9. The Morgan fingerprint density at radius 2 is 2.08 bits per heavy atom. The van der Waals surface area contributed by atoms with Crippen LogP contribution in [0.1, 0.15) is 45.1 Å². The number of carbonyl (C=O) groups is 1. The van der Waals surface area contributed by atoms with Crippen LogP contribution in [-0.4, -0.2) is 54.3 Å². The zero-order valence-electron chi connectivity index (χ0n) is 16.4. The van der Waals surface area contributed by atoms with Crippen molar-refractivity contribution in [2.24, 2.45) is 5.92 Å². The number of likely N-dealkylation sites (tertiary alicyclic amines) is 1. The minimum atomic E-state index is -0.569. The number of ether oxygens (including phenoxy) is 1. The Labute approximate surface area is 157 Å². The Balaban J connectivity index is 1.78. The van der Waals surface area contributed by atoms with Gasteiger partial charge >= 0.3 is 0 Å². The molecule has 1 aromatic carbocycles. The molecule has 146 valence electrons. The number of hydrogen-bond acceptors (Lipinski definition) is 4. The van der Waals surface area contributed by atoms with E-state index in [9.17, 15) is 9.90 Å². The third-order valence-corrected chi connectivity index (χ3v) is 5.12. The van der Waals surface area contributed by atoms with E-state index in [-0.39, 0.29) is 18.4 Å². The lowest BCUT2D eigenvalue weighted by atomic mass is 9.92. The predicted molar refractivity (Wildman–Crippen MR) is 104 cm³/mol. The first kappa shape index (κ1) is 20.7. The first-order valence-electron chi connectivity index (χ1n) is 9.89. The van der Waals surface area contributed by atoms with E-state index in [2.05, 4.69) is 24.1 Å². The SMILES string of the molecule is CCCCNC(=O)C1CCC(C)N(CC(O)COc2ccc(C)cc2)C1. The maximum Gasteiger partial charge on any atom is 0.224 e. The van der Waals surface area contributed by atoms with E-state index in [1.54, 1.807) is 0 Å². The van der Waals surface area contributed by atoms with Crippen molar-refractivity contribution in [2.75, 3.05) is 26.2 Å². The summed E-state index contributed by atoms with van der Waals surface area (Å²) in [7, 11) is 0. The zero-order valence-corrected chi connectivity index (χ0v) is 16.4. The smallest absolute Gasteiger partial charge is 0.224 e. The van der Waals surface area contributed by atoms with Crippen LogP contribution in [0, 0.1) is 12.8 Å². The molecule has 2 N–H and O–H groups in total. The summed E-state index contributed by atoms with van der Waals surface area (Å²) in [5.41, 5.74) is 1.18. The summed E-state index contributed by atoms with van der Waals surface area (Å²) in [4.78, 5) is 14.5. The standard InChI is InChI=1S/C21H34N2O3/c1-4-5-12-22-21(25)18-9-8-17(3)23(13-18)14-19(24)15-26-20-10-6-16(2)7-11-20/h6-7,10-11,17-19,24H,4-5,8-9,12-15H2,1-3H3,(H,22,25). The minimum Gasteiger partial charge on any atom is -0.491 e. The monoisotopic (exact) mass is 362 g/mol. The van der Waals surface area contributed by atoms with E-state index >= 15 is 0 Å². The third-order valence-electron chi connectivity index (χ3n) is 5.12. The van der Waals surface area contributed by atoms with Crippen LogP contribution >= 0.6 is 0 Å². The molecule has 5 heteroatoms. The van der Waals surface area contributed by atoms with Crippen LogP contribution in [0.4, 0.5) is 0 Å². The number of nitrogens with zero attached hydrogens (tertiary/aromatic N) is 1. The number of aliphatic hydroxyl groups excluding tert-OH is 1. The van der Waals surface area contributed by atoms with Crippen molar-refractivity contribution in [3.63, 3.8) is 0 Å². The number of unbranched alkanes of at least 4 members (excludes halogenated alkanes) is 1. The summed E-state index contributed by atoms with van der Waals surface area (Å²) >= 11 is 0. The van der Waals surface area contributed by atoms with Crippen molar-refractivity contribution in [3.05, 3.63) is 29.8 Å². The Morgan fingerprint density at radius 1 is 1.35 bits per heavy atom. The van der Waals surface area contributed by atoms with E-state index in [1.165, 1.54) is 5.56 Å². The van der Waals surface area contributed by atoms with Gasteiger partial charge in [-0.2, -0.15) is 0 Å². The Kier molecular flexibility index (Phi) is 8.39. The number of hydrogen-bond donors (Lipinski definition) is 2. The maximum atomic E-state index is 12.3. The molecule has 0 aliphatic carbocycles. The number of carbonyl (C=O) groups excluding carboxylic acids is 1. The topological polar surface area (TPSA) is 61.8 Å². The van der Waals surface area contributed by atoms with Gasteiger partial charge in [-0.1, -0.05) is 31.0 Å². The van der Waals surface area contributed by atoms with Gasteiger partial charge in [0.1, 0.15) is 18.5 Å². The molecule has 1 heterocycles. The molecule has 5 nitrogen and oxygen atoms in total. The van der Waals surface area contributed by atoms with Gasteiger partial charge in [0.2, 0.25) is 5.91 Å². The molecule has 0 saturated carbocycles. The van der Waals surface area contributed by atoms with Crippen LogP contribution in [0.15, 0.2) is 24.3 Å². The number of benzene rings is 1. The summed E-state index contributed by atoms with van der Waals surface area (Å²) in [5, 5.41) is 13.4. The number of aryl methyl sites for hydroxylation is 1. The van der Waals surface area contributed by atoms with E-state index in [0.29, 0.717) is 19.1 Å². The molecule has 1 fully saturated rings. The van der Waals surface area contributed by atoms with Gasteiger partial charge < -0.3 is 15.2 Å². The average Bonchev–Trinajstić information content (AvgIpc) is 2.63. The summed E-state index contributed by atoms with van der Waals surface area (Å²) in [6, 6.07) is 8.21. The van der Waals surface area contributed by atoms with Crippen molar-refractivity contribution in [1.29, 1.82) is 0 Å². The quantitative estimate of drug-likeness (QED) is 0.663. The summed E-state index contributed by atoms with van der Waals surface area (Å²) in [6.45, 7) is 8.58. The molecule has 1 amide bonds. The number of amides is 1. The Hall–Kier alpha value is -1.59. The molecular weight excluding hydrogens is 328 g/mol. The number of piperidine rings is 1. The second kappa shape index (κ2) is 10.5. The minimum absolute atomic E-state index is 0.0215. The molecule has 2 rings (SSSR count). The van der Waals surface area contributed by atoms with Crippen LogP contribution < -0.4 is 10.1 Å². The van der Waals surface area contributed by atoms with Gasteiger partial charge in [-0.05, 0) is 45.2 Å². The molecule has 0 bridgehead atoms. The fraction of sp³-hybridized carbons (Fsp3) is 0.667. The highest BCUT2D eigenvalue weighted by atomic mass is 16.5. The molecule has 0 spiro atoms. The van der Waals surface area contributed by atoms with Crippen LogP contribution in [0.25, 0.3) is 0 Å². The second-order valence-corrected chi connectivity index (χ2v) is 7.50. The van der Waals surface area contributed by atoms with Gasteiger partial charge in [0.05, 0.1) is 5.92 Å². The van der Waals surface area contributed by atoms with Crippen LogP contribution in [-0.2, 0) is 4.79 Å². The lowest BCUT2D eigenvalue weighted by molar-refractivity contribution is -0.127. The largest absolute Gasteiger partial charge is 0.491 e. The lowest BCUT2D eigenvalue weighted by Gasteiger charge is -2.38. The molecule has 1 aliphatic rings. The van der Waals surface area contributed by atoms with E-state index in [4.69, 9.17) is 4.74 Å². The fourth-order valence-electron chi connectivity index (χ4n) is 3.33. The molecule has 1 saturated heterocycles. The Morgan fingerprint density at radius 3 is 2.77 bits per heavy atom. The van der Waals surface area contributed by atoms with Gasteiger partial charge in [0.25, 0.3) is 0 Å². The second-order valence-electron chi connectivity index (χ2n) is 7.50. The summed E-state index contributed by atoms with van der Waals surface area (Å²) in [6.07, 6.45) is 3.44. The third kappa shape index (κ3) is 6.61. The highest BCUT2D eigenvalue weighted by Gasteiger charge is 2.30. The maximum absolute atomic E-state index is 12.3. The number of nitrogens with one attached hydrogen (secondary N) is 1. The van der Waals surface area contributed by atoms with Crippen molar-refractivity contribution >= 4 is 5.91 Å². The highest BCUT2D eigenvalue weighted by molar-refractivity contribution is 5.78. The van der Waals surface area contributed by atoms with Crippen LogP contribution in [0.5, 0.6) is 5.75 Å². The van der Waals surface area contributed by atoms with Crippen molar-refractivity contribution in [2.45, 2.75) is 58.6 Å². The van der Waals surface area contributed by atoms with E-state index in [1.807, 2.05) is 31.2 Å². The fourth-order valence-corrected chi connectivity index (χ4v) is 3.33. The normalized spacial score (nSPS) is 22.0. The van der Waals surface area contributed by atoms with Gasteiger partial charge in [0, 0.05) is 25.7 Å². The average molecular weight is 363 g/mol.